The number of nitrogens with one attached hydrogen (secondary N) is 1. The lowest BCUT2D eigenvalue weighted by Gasteiger charge is -2.31. The molecule has 0 saturated heterocycles. The van der Waals surface area contributed by atoms with E-state index in [0.29, 0.717) is 5.75 Å². The first-order valence-corrected chi connectivity index (χ1v) is 8.84. The lowest BCUT2D eigenvalue weighted by atomic mass is 9.88. The highest BCUT2D eigenvalue weighted by Crippen LogP contribution is 2.23. The fraction of sp³-hybridized carbons (Fsp3) is 0.444. The number of hydrogen-bond donors (Lipinski definition) is 1. The van der Waals surface area contributed by atoms with Crippen LogP contribution in [-0.2, 0) is 10.8 Å². The minimum absolute atomic E-state index is 0.0997. The average molecular weight is 303 g/mol. The predicted octanol–water partition coefficient (Wildman–Crippen LogP) is 3.97. The largest absolute Gasteiger partial charge is 0.313 e. The van der Waals surface area contributed by atoms with Gasteiger partial charge in [-0.2, -0.15) is 0 Å². The van der Waals surface area contributed by atoms with Crippen molar-refractivity contribution < 1.29 is 4.21 Å². The molecule has 21 heavy (non-hydrogen) atoms. The van der Waals surface area contributed by atoms with Gasteiger partial charge in [-0.15, -0.1) is 0 Å². The Morgan fingerprint density at radius 3 is 2.38 bits per heavy atom. The van der Waals surface area contributed by atoms with Crippen LogP contribution in [0.15, 0.2) is 47.4 Å². The topological polar surface area (TPSA) is 29.1 Å². The van der Waals surface area contributed by atoms with Crippen LogP contribution in [0, 0.1) is 5.41 Å². The Kier molecular flexibility index (Phi) is 5.17. The molecule has 0 fully saturated rings. The maximum atomic E-state index is 12.7. The third kappa shape index (κ3) is 4.14. The molecular formula is C18H25NOS. The second kappa shape index (κ2) is 6.71. The van der Waals surface area contributed by atoms with Crippen LogP contribution in [-0.4, -0.2) is 22.5 Å². The molecule has 2 atom stereocenters. The van der Waals surface area contributed by atoms with Gasteiger partial charge in [0.05, 0.1) is 10.8 Å². The van der Waals surface area contributed by atoms with E-state index in [0.717, 1.165) is 16.8 Å². The van der Waals surface area contributed by atoms with Crippen LogP contribution in [0.4, 0.5) is 0 Å². The summed E-state index contributed by atoms with van der Waals surface area (Å²) in [4.78, 5) is 0.917. The SMILES string of the molecule is CCNC(CS(=O)c1ccc2ccccc2c1)C(C)(C)C. The molecule has 1 N–H and O–H groups in total. The maximum Gasteiger partial charge on any atom is 0.0545 e. The van der Waals surface area contributed by atoms with Crippen molar-refractivity contribution in [1.29, 1.82) is 0 Å². The zero-order valence-electron chi connectivity index (χ0n) is 13.3. The predicted molar refractivity (Wildman–Crippen MR) is 92.1 cm³/mol. The van der Waals surface area contributed by atoms with Gasteiger partial charge in [0.1, 0.15) is 0 Å². The first kappa shape index (κ1) is 16.2. The van der Waals surface area contributed by atoms with Gasteiger partial charge >= 0.3 is 0 Å². The van der Waals surface area contributed by atoms with Gasteiger partial charge in [0.2, 0.25) is 0 Å². The van der Waals surface area contributed by atoms with E-state index < -0.39 is 10.8 Å². The van der Waals surface area contributed by atoms with Gasteiger partial charge in [-0.05, 0) is 34.9 Å². The van der Waals surface area contributed by atoms with Gasteiger partial charge < -0.3 is 5.32 Å². The molecule has 2 aromatic carbocycles. The van der Waals surface area contributed by atoms with E-state index in [1.54, 1.807) is 0 Å². The fourth-order valence-electron chi connectivity index (χ4n) is 2.42. The number of fused-ring (bicyclic) bond motifs is 1. The first-order chi connectivity index (χ1) is 9.91. The Labute approximate surface area is 130 Å². The molecule has 2 nitrogen and oxygen atoms in total. The second-order valence-electron chi connectivity index (χ2n) is 6.50. The van der Waals surface area contributed by atoms with Crippen molar-refractivity contribution in [3.05, 3.63) is 42.5 Å². The van der Waals surface area contributed by atoms with Crippen LogP contribution in [0.2, 0.25) is 0 Å². The number of rotatable bonds is 5. The zero-order chi connectivity index (χ0) is 15.5. The summed E-state index contributed by atoms with van der Waals surface area (Å²) in [7, 11) is -0.980. The summed E-state index contributed by atoms with van der Waals surface area (Å²) in [5, 5.41) is 5.81. The normalized spacial score (nSPS) is 15.0. The van der Waals surface area contributed by atoms with Crippen molar-refractivity contribution in [2.75, 3.05) is 12.3 Å². The highest BCUT2D eigenvalue weighted by atomic mass is 32.2. The summed E-state index contributed by atoms with van der Waals surface area (Å²) in [6.45, 7) is 9.57. The van der Waals surface area contributed by atoms with Gasteiger partial charge in [0.25, 0.3) is 0 Å². The Hall–Kier alpha value is -1.19. The van der Waals surface area contributed by atoms with Crippen LogP contribution >= 0.6 is 0 Å². The quantitative estimate of drug-likeness (QED) is 0.905. The first-order valence-electron chi connectivity index (χ1n) is 7.52. The van der Waals surface area contributed by atoms with Gasteiger partial charge in [-0.1, -0.05) is 58.0 Å². The summed E-state index contributed by atoms with van der Waals surface area (Å²) >= 11 is 0. The second-order valence-corrected chi connectivity index (χ2v) is 7.99. The third-order valence-electron chi connectivity index (χ3n) is 3.80. The van der Waals surface area contributed by atoms with E-state index in [1.165, 1.54) is 5.39 Å². The summed E-state index contributed by atoms with van der Waals surface area (Å²) < 4.78 is 12.7. The van der Waals surface area contributed by atoms with E-state index in [1.807, 2.05) is 18.2 Å². The van der Waals surface area contributed by atoms with Crippen molar-refractivity contribution in [3.8, 4) is 0 Å². The molecule has 0 aliphatic carbocycles. The minimum Gasteiger partial charge on any atom is -0.313 e. The Balaban J connectivity index is 2.21. The van der Waals surface area contributed by atoms with E-state index >= 15 is 0 Å². The van der Waals surface area contributed by atoms with Crippen LogP contribution < -0.4 is 5.32 Å². The molecule has 0 spiro atoms. The lowest BCUT2D eigenvalue weighted by Crippen LogP contribution is -2.44. The van der Waals surface area contributed by atoms with E-state index in [4.69, 9.17) is 0 Å². The molecule has 0 heterocycles. The highest BCUT2D eigenvalue weighted by molar-refractivity contribution is 7.85. The molecule has 0 aliphatic rings. The molecule has 0 bridgehead atoms. The van der Waals surface area contributed by atoms with Crippen molar-refractivity contribution >= 4 is 21.6 Å². The van der Waals surface area contributed by atoms with E-state index in [2.05, 4.69) is 57.3 Å². The molecular weight excluding hydrogens is 278 g/mol. The highest BCUT2D eigenvalue weighted by Gasteiger charge is 2.26. The molecule has 0 saturated carbocycles. The van der Waals surface area contributed by atoms with Crippen molar-refractivity contribution in [2.24, 2.45) is 5.41 Å². The standard InChI is InChI=1S/C18H25NOS/c1-5-19-17(18(2,3)4)13-21(20)16-11-10-14-8-6-7-9-15(14)12-16/h6-12,17,19H,5,13H2,1-4H3. The fourth-order valence-corrected chi connectivity index (χ4v) is 4.01. The number of hydrogen-bond acceptors (Lipinski definition) is 2. The molecule has 3 heteroatoms. The molecule has 0 aromatic heterocycles. The molecule has 2 rings (SSSR count). The van der Waals surface area contributed by atoms with Crippen LogP contribution in [0.1, 0.15) is 27.7 Å². The minimum atomic E-state index is -0.980. The van der Waals surface area contributed by atoms with Gasteiger partial charge in [0, 0.05) is 16.7 Å². The average Bonchev–Trinajstić information content (AvgIpc) is 2.45. The molecule has 114 valence electrons. The summed E-state index contributed by atoms with van der Waals surface area (Å²) in [6, 6.07) is 14.5. The molecule has 2 unspecified atom stereocenters. The molecule has 0 aliphatic heterocycles. The number of benzene rings is 2. The van der Waals surface area contributed by atoms with Gasteiger partial charge in [-0.3, -0.25) is 4.21 Å². The lowest BCUT2D eigenvalue weighted by molar-refractivity contribution is 0.294. The molecule has 2 aromatic rings. The Bertz CT molecular complexity index is 630. The van der Waals surface area contributed by atoms with E-state index in [-0.39, 0.29) is 11.5 Å². The Morgan fingerprint density at radius 2 is 1.76 bits per heavy atom. The van der Waals surface area contributed by atoms with E-state index in [9.17, 15) is 4.21 Å². The van der Waals surface area contributed by atoms with Gasteiger partial charge in [0.15, 0.2) is 0 Å². The van der Waals surface area contributed by atoms with Crippen molar-refractivity contribution in [2.45, 2.75) is 38.6 Å². The van der Waals surface area contributed by atoms with Gasteiger partial charge in [-0.25, -0.2) is 0 Å². The van der Waals surface area contributed by atoms with Crippen LogP contribution in [0.25, 0.3) is 10.8 Å². The van der Waals surface area contributed by atoms with Crippen LogP contribution in [0.5, 0.6) is 0 Å². The van der Waals surface area contributed by atoms with Crippen molar-refractivity contribution in [1.82, 2.24) is 5.32 Å². The summed E-state index contributed by atoms with van der Waals surface area (Å²) in [6.07, 6.45) is 0. The summed E-state index contributed by atoms with van der Waals surface area (Å²) in [5.41, 5.74) is 0.0997. The zero-order valence-corrected chi connectivity index (χ0v) is 14.2. The summed E-state index contributed by atoms with van der Waals surface area (Å²) in [5.74, 6) is 0.648. The smallest absolute Gasteiger partial charge is 0.0545 e. The molecule has 0 radical (unpaired) electrons. The Morgan fingerprint density at radius 1 is 1.10 bits per heavy atom. The third-order valence-corrected chi connectivity index (χ3v) is 5.21. The van der Waals surface area contributed by atoms with Crippen LogP contribution in [0.3, 0.4) is 0 Å². The monoisotopic (exact) mass is 303 g/mol. The molecule has 0 amide bonds. The maximum absolute atomic E-state index is 12.7. The van der Waals surface area contributed by atoms with Crippen molar-refractivity contribution in [3.63, 3.8) is 0 Å².